The quantitative estimate of drug-likeness (QED) is 0.630. The van der Waals surface area contributed by atoms with E-state index < -0.39 is 11.8 Å². The normalized spacial score (nSPS) is 28.1. The van der Waals surface area contributed by atoms with Crippen LogP contribution >= 0.6 is 0 Å². The fraction of sp³-hybridized carbons (Fsp3) is 0.769. The van der Waals surface area contributed by atoms with Gasteiger partial charge < -0.3 is 14.5 Å². The molecule has 0 bridgehead atoms. The molecule has 2 aliphatic heterocycles. The average Bonchev–Trinajstić information content (AvgIpc) is 2.40. The van der Waals surface area contributed by atoms with Gasteiger partial charge >= 0.3 is 17.8 Å². The lowest BCUT2D eigenvalue weighted by Gasteiger charge is -2.39. The van der Waals surface area contributed by atoms with Gasteiger partial charge in [-0.1, -0.05) is 0 Å². The van der Waals surface area contributed by atoms with Crippen LogP contribution in [0.15, 0.2) is 0 Å². The number of nitrogens with zero attached hydrogens (tertiary/aromatic N) is 3. The van der Waals surface area contributed by atoms with Gasteiger partial charge in [-0.15, -0.1) is 0 Å². The van der Waals surface area contributed by atoms with E-state index in [2.05, 4.69) is 0 Å². The first kappa shape index (κ1) is 14.8. The summed E-state index contributed by atoms with van der Waals surface area (Å²) in [6.07, 6.45) is -0.129. The van der Waals surface area contributed by atoms with Crippen LogP contribution in [-0.2, 0) is 14.3 Å². The Bertz CT molecular complexity index is 416. The predicted octanol–water partition coefficient (Wildman–Crippen LogP) is -0.0937. The molecule has 0 aromatic rings. The van der Waals surface area contributed by atoms with E-state index >= 15 is 0 Å². The number of amides is 4. The minimum Gasteiger partial charge on any atom is -0.372 e. The molecule has 112 valence electrons. The van der Waals surface area contributed by atoms with Crippen molar-refractivity contribution in [1.82, 2.24) is 14.7 Å². The van der Waals surface area contributed by atoms with E-state index in [9.17, 15) is 14.4 Å². The van der Waals surface area contributed by atoms with E-state index in [0.717, 1.165) is 4.90 Å². The van der Waals surface area contributed by atoms with Crippen LogP contribution in [0.4, 0.5) is 4.79 Å². The number of ether oxygens (including phenoxy) is 1. The van der Waals surface area contributed by atoms with Gasteiger partial charge in [0.1, 0.15) is 0 Å². The first-order valence-electron chi connectivity index (χ1n) is 6.99. The van der Waals surface area contributed by atoms with Crippen molar-refractivity contribution in [3.8, 4) is 0 Å². The minimum atomic E-state index is -0.727. The molecule has 0 radical (unpaired) electrons. The molecule has 2 aliphatic rings. The summed E-state index contributed by atoms with van der Waals surface area (Å²) in [6, 6.07) is -0.388. The molecule has 2 unspecified atom stereocenters. The maximum absolute atomic E-state index is 12.4. The monoisotopic (exact) mass is 283 g/mol. The van der Waals surface area contributed by atoms with Gasteiger partial charge in [0, 0.05) is 32.7 Å². The van der Waals surface area contributed by atoms with Crippen LogP contribution in [0.5, 0.6) is 0 Å². The number of hydrogen-bond acceptors (Lipinski definition) is 4. The van der Waals surface area contributed by atoms with Crippen LogP contribution in [0.1, 0.15) is 20.8 Å². The molecule has 0 aromatic heterocycles. The Hall–Kier alpha value is -1.63. The number of hydrogen-bond donors (Lipinski definition) is 0. The van der Waals surface area contributed by atoms with Crippen LogP contribution < -0.4 is 0 Å². The Morgan fingerprint density at radius 1 is 1.15 bits per heavy atom. The average molecular weight is 283 g/mol. The number of piperazine rings is 1. The number of likely N-dealkylation sites (N-methyl/N-ethyl adjacent to an activating group) is 1. The molecule has 0 aliphatic carbocycles. The molecule has 2 fully saturated rings. The van der Waals surface area contributed by atoms with Gasteiger partial charge in [-0.2, -0.15) is 0 Å². The Morgan fingerprint density at radius 2 is 1.75 bits per heavy atom. The van der Waals surface area contributed by atoms with E-state index in [0.29, 0.717) is 26.2 Å². The molecule has 7 nitrogen and oxygen atoms in total. The zero-order chi connectivity index (χ0) is 14.9. The standard InChI is InChI=1S/C13H21N3O4/c1-4-14-5-6-16(12(18)11(14)17)13(19)15-7-9(2)20-10(3)8-15/h9-10H,4-8H2,1-3H3. The second-order valence-corrected chi connectivity index (χ2v) is 5.29. The Labute approximate surface area is 118 Å². The van der Waals surface area contributed by atoms with Gasteiger partial charge in [0.05, 0.1) is 12.2 Å². The van der Waals surface area contributed by atoms with Crippen molar-refractivity contribution in [2.45, 2.75) is 33.0 Å². The Kier molecular flexibility index (Phi) is 4.27. The van der Waals surface area contributed by atoms with Crippen LogP contribution in [-0.4, -0.2) is 77.5 Å². The summed E-state index contributed by atoms with van der Waals surface area (Å²) < 4.78 is 5.56. The van der Waals surface area contributed by atoms with E-state index in [1.165, 1.54) is 4.90 Å². The highest BCUT2D eigenvalue weighted by Crippen LogP contribution is 2.15. The van der Waals surface area contributed by atoms with Crippen molar-refractivity contribution >= 4 is 17.8 Å². The van der Waals surface area contributed by atoms with Crippen molar-refractivity contribution in [2.24, 2.45) is 0 Å². The van der Waals surface area contributed by atoms with Gasteiger partial charge in [0.2, 0.25) is 0 Å². The highest BCUT2D eigenvalue weighted by atomic mass is 16.5. The summed E-state index contributed by atoms with van der Waals surface area (Å²) >= 11 is 0. The summed E-state index contributed by atoms with van der Waals surface area (Å²) in [5.41, 5.74) is 0. The molecule has 2 saturated heterocycles. The topological polar surface area (TPSA) is 70.2 Å². The van der Waals surface area contributed by atoms with Crippen LogP contribution in [0.3, 0.4) is 0 Å². The third-order valence-electron chi connectivity index (χ3n) is 3.61. The van der Waals surface area contributed by atoms with Crippen molar-refractivity contribution in [3.63, 3.8) is 0 Å². The Morgan fingerprint density at radius 3 is 2.30 bits per heavy atom. The first-order chi connectivity index (χ1) is 9.43. The smallest absolute Gasteiger partial charge is 0.327 e. The fourth-order valence-corrected chi connectivity index (χ4v) is 2.66. The largest absolute Gasteiger partial charge is 0.372 e. The highest BCUT2D eigenvalue weighted by Gasteiger charge is 2.38. The van der Waals surface area contributed by atoms with Crippen molar-refractivity contribution in [3.05, 3.63) is 0 Å². The number of carbonyl (C=O) groups is 3. The van der Waals surface area contributed by atoms with Crippen molar-refractivity contribution < 1.29 is 19.1 Å². The van der Waals surface area contributed by atoms with Gasteiger partial charge in [0.15, 0.2) is 0 Å². The number of morpholine rings is 1. The van der Waals surface area contributed by atoms with Crippen LogP contribution in [0.2, 0.25) is 0 Å². The molecule has 4 amide bonds. The van der Waals surface area contributed by atoms with E-state index in [1.54, 1.807) is 4.90 Å². The fourth-order valence-electron chi connectivity index (χ4n) is 2.66. The van der Waals surface area contributed by atoms with Crippen molar-refractivity contribution in [2.75, 3.05) is 32.7 Å². The molecular formula is C13H21N3O4. The summed E-state index contributed by atoms with van der Waals surface area (Å²) in [6.45, 7) is 7.62. The molecule has 0 N–H and O–H groups in total. The minimum absolute atomic E-state index is 0.0644. The highest BCUT2D eigenvalue weighted by molar-refractivity contribution is 6.38. The molecule has 2 atom stereocenters. The van der Waals surface area contributed by atoms with E-state index in [4.69, 9.17) is 4.74 Å². The summed E-state index contributed by atoms with van der Waals surface area (Å²) in [5, 5.41) is 0. The lowest BCUT2D eigenvalue weighted by atomic mass is 10.2. The summed E-state index contributed by atoms with van der Waals surface area (Å²) in [5.74, 6) is -1.32. The zero-order valence-electron chi connectivity index (χ0n) is 12.2. The summed E-state index contributed by atoms with van der Waals surface area (Å²) in [4.78, 5) is 40.3. The maximum Gasteiger partial charge on any atom is 0.327 e. The number of imide groups is 1. The lowest BCUT2D eigenvalue weighted by Crippen LogP contribution is -2.61. The molecule has 0 spiro atoms. The predicted molar refractivity (Wildman–Crippen MR) is 70.9 cm³/mol. The van der Waals surface area contributed by atoms with Gasteiger partial charge in [-0.25, -0.2) is 4.79 Å². The second-order valence-electron chi connectivity index (χ2n) is 5.29. The molecule has 0 aromatic carbocycles. The van der Waals surface area contributed by atoms with Crippen molar-refractivity contribution in [1.29, 1.82) is 0 Å². The number of urea groups is 1. The molecule has 2 heterocycles. The molecule has 0 saturated carbocycles. The molecular weight excluding hydrogens is 262 g/mol. The first-order valence-corrected chi connectivity index (χ1v) is 6.99. The molecule has 2 rings (SSSR count). The third-order valence-corrected chi connectivity index (χ3v) is 3.61. The lowest BCUT2D eigenvalue weighted by molar-refractivity contribution is -0.154. The van der Waals surface area contributed by atoms with Crippen LogP contribution in [0, 0.1) is 0 Å². The number of rotatable bonds is 1. The van der Waals surface area contributed by atoms with Gasteiger partial charge in [-0.3, -0.25) is 14.5 Å². The molecule has 20 heavy (non-hydrogen) atoms. The second kappa shape index (κ2) is 5.78. The Balaban J connectivity index is 2.06. The third kappa shape index (κ3) is 2.77. The maximum atomic E-state index is 12.4. The zero-order valence-corrected chi connectivity index (χ0v) is 12.2. The molecule has 7 heteroatoms. The van der Waals surface area contributed by atoms with E-state index in [1.807, 2.05) is 20.8 Å². The van der Waals surface area contributed by atoms with Crippen LogP contribution in [0.25, 0.3) is 0 Å². The van der Waals surface area contributed by atoms with E-state index in [-0.39, 0.29) is 24.8 Å². The van der Waals surface area contributed by atoms with Gasteiger partial charge in [0.25, 0.3) is 0 Å². The van der Waals surface area contributed by atoms with Gasteiger partial charge in [-0.05, 0) is 20.8 Å². The SMILES string of the molecule is CCN1CCN(C(=O)N2CC(C)OC(C)C2)C(=O)C1=O. The summed E-state index contributed by atoms with van der Waals surface area (Å²) in [7, 11) is 0. The number of carbonyl (C=O) groups excluding carboxylic acids is 3.